The average molecular weight is 713 g/mol. The summed E-state index contributed by atoms with van der Waals surface area (Å²) in [7, 11) is -2.47. The van der Waals surface area contributed by atoms with E-state index in [1.807, 2.05) is 0 Å². The Labute approximate surface area is 277 Å². The van der Waals surface area contributed by atoms with E-state index in [0.717, 1.165) is 5.56 Å². The van der Waals surface area contributed by atoms with Gasteiger partial charge in [0.2, 0.25) is 0 Å². The first kappa shape index (κ1) is 37.1. The maximum absolute atomic E-state index is 15.8. The summed E-state index contributed by atoms with van der Waals surface area (Å²) in [5.41, 5.74) is -2.53. The Morgan fingerprint density at radius 2 is 1.02 bits per heavy atom. The van der Waals surface area contributed by atoms with Gasteiger partial charge in [0, 0.05) is 24.5 Å². The maximum atomic E-state index is 15.8. The summed E-state index contributed by atoms with van der Waals surface area (Å²) >= 11 is 5.84. The highest BCUT2D eigenvalue weighted by atomic mass is 32.1. The number of hydrogen-bond donors (Lipinski definition) is 1. The van der Waals surface area contributed by atoms with Crippen molar-refractivity contribution in [1.82, 2.24) is 0 Å². The lowest BCUT2D eigenvalue weighted by atomic mass is 9.39. The Hall–Kier alpha value is -3.70. The molecule has 0 amide bonds. The van der Waals surface area contributed by atoms with E-state index in [0.29, 0.717) is 22.1 Å². The summed E-state index contributed by atoms with van der Waals surface area (Å²) < 4.78 is 151. The first-order valence-electron chi connectivity index (χ1n) is 14.3. The van der Waals surface area contributed by atoms with Gasteiger partial charge in [0.1, 0.15) is 4.73 Å². The van der Waals surface area contributed by atoms with Gasteiger partial charge in [-0.3, -0.25) is 0 Å². The van der Waals surface area contributed by atoms with E-state index in [2.05, 4.69) is 5.32 Å². The number of benzene rings is 4. The molecule has 0 fully saturated rings. The van der Waals surface area contributed by atoms with Crippen LogP contribution in [0.25, 0.3) is 0 Å². The number of aryl methyl sites for hydroxylation is 3. The lowest BCUT2D eigenvalue weighted by Gasteiger charge is -2.33. The van der Waals surface area contributed by atoms with E-state index in [1.165, 1.54) is 6.08 Å². The third-order valence-electron chi connectivity index (χ3n) is 7.29. The van der Waals surface area contributed by atoms with Gasteiger partial charge in [0.25, 0.3) is 6.71 Å². The van der Waals surface area contributed by atoms with Gasteiger partial charge in [-0.1, -0.05) is 80.2 Å². The summed E-state index contributed by atoms with van der Waals surface area (Å²) in [5.74, 6) is -25.2. The molecule has 1 N–H and O–H groups in total. The molecule has 4 rings (SSSR count). The van der Waals surface area contributed by atoms with Gasteiger partial charge in [-0.15, -0.1) is 0 Å². The highest BCUT2D eigenvalue weighted by Gasteiger charge is 2.45. The molecule has 0 aliphatic rings. The van der Waals surface area contributed by atoms with Crippen LogP contribution in [-0.4, -0.2) is 11.4 Å². The minimum absolute atomic E-state index is 0.112. The van der Waals surface area contributed by atoms with E-state index in [1.54, 1.807) is 84.0 Å². The van der Waals surface area contributed by atoms with Gasteiger partial charge in [0.15, 0.2) is 58.2 Å². The Morgan fingerprint density at radius 3 is 1.40 bits per heavy atom. The summed E-state index contributed by atoms with van der Waals surface area (Å²) in [4.78, 5) is 0. The molecule has 0 saturated heterocycles. The number of rotatable bonds is 7. The zero-order valence-electron chi connectivity index (χ0n) is 26.3. The van der Waals surface area contributed by atoms with Gasteiger partial charge < -0.3 is 5.32 Å². The van der Waals surface area contributed by atoms with E-state index in [4.69, 9.17) is 12.2 Å². The number of anilines is 1. The Kier molecular flexibility index (Phi) is 10.9. The minimum atomic E-state index is -2.76. The van der Waals surface area contributed by atoms with Crippen molar-refractivity contribution >= 4 is 53.5 Å². The first-order chi connectivity index (χ1) is 22.3. The SMILES string of the molecule is Cc1cc(C)c(P(C(=S)Nc2ccccc2)/C(=C\C(C)(C)C)B(c2c(F)c(F)c(F)c(F)c2F)c2c(F)c(F)c(F)c(F)c2F)c(C)c1. The molecular formula is C34H27BF10NPS. The van der Waals surface area contributed by atoms with Crippen LogP contribution in [0.4, 0.5) is 49.6 Å². The molecule has 0 bridgehead atoms. The number of nitrogens with one attached hydrogen (secondary N) is 1. The quantitative estimate of drug-likeness (QED) is 0.0512. The predicted octanol–water partition coefficient (Wildman–Crippen LogP) is 9.29. The predicted molar refractivity (Wildman–Crippen MR) is 175 cm³/mol. The Balaban J connectivity index is 2.28. The van der Waals surface area contributed by atoms with Crippen molar-refractivity contribution in [3.63, 3.8) is 0 Å². The fourth-order valence-electron chi connectivity index (χ4n) is 5.49. The molecule has 252 valence electrons. The second-order valence-corrected chi connectivity index (χ2v) is 15.0. The lowest BCUT2D eigenvalue weighted by molar-refractivity contribution is 0.382. The summed E-state index contributed by atoms with van der Waals surface area (Å²) in [6, 6.07) is 11.6. The molecule has 4 aromatic rings. The van der Waals surface area contributed by atoms with E-state index >= 15 is 17.6 Å². The van der Waals surface area contributed by atoms with Crippen LogP contribution in [0.5, 0.6) is 0 Å². The van der Waals surface area contributed by atoms with Crippen LogP contribution in [0.15, 0.2) is 53.8 Å². The molecule has 4 aromatic carbocycles. The van der Waals surface area contributed by atoms with Gasteiger partial charge in [-0.05, 0) is 54.8 Å². The number of allylic oxidation sites excluding steroid dienone is 1. The molecule has 0 saturated carbocycles. The molecule has 0 aliphatic carbocycles. The van der Waals surface area contributed by atoms with Crippen LogP contribution in [-0.2, 0) is 0 Å². The van der Waals surface area contributed by atoms with Crippen LogP contribution in [0, 0.1) is 84.4 Å². The number of halogens is 10. The van der Waals surface area contributed by atoms with Gasteiger partial charge >= 0.3 is 0 Å². The average Bonchev–Trinajstić information content (AvgIpc) is 3.01. The molecule has 0 radical (unpaired) electrons. The fourth-order valence-corrected chi connectivity index (χ4v) is 9.00. The van der Waals surface area contributed by atoms with Crippen molar-refractivity contribution in [3.05, 3.63) is 129 Å². The van der Waals surface area contributed by atoms with Crippen molar-refractivity contribution in [1.29, 1.82) is 0 Å². The molecule has 0 aliphatic heterocycles. The normalized spacial score (nSPS) is 12.7. The van der Waals surface area contributed by atoms with Crippen molar-refractivity contribution in [2.24, 2.45) is 5.41 Å². The van der Waals surface area contributed by atoms with Crippen molar-refractivity contribution in [2.75, 3.05) is 5.32 Å². The van der Waals surface area contributed by atoms with Crippen LogP contribution in [0.2, 0.25) is 0 Å². The standard InChI is InChI=1S/C34H27BF10NPS/c1-15-12-16(2)32(17(3)13-15)47(33(48)46-18-10-8-7-9-11-18)19(14-34(4,5)6)35(20-22(36)26(40)30(44)27(41)23(20)37)21-24(38)28(42)31(45)29(43)25(21)39/h7-14H,1-6H3,(H,46,48)/b19-14-. The molecule has 48 heavy (non-hydrogen) atoms. The Morgan fingerprint density at radius 1 is 0.646 bits per heavy atom. The van der Waals surface area contributed by atoms with Crippen molar-refractivity contribution in [2.45, 2.75) is 41.5 Å². The van der Waals surface area contributed by atoms with Crippen LogP contribution in [0.3, 0.4) is 0 Å². The third-order valence-corrected chi connectivity index (χ3v) is 10.5. The number of para-hydroxylation sites is 1. The zero-order valence-corrected chi connectivity index (χ0v) is 28.0. The van der Waals surface area contributed by atoms with E-state index < -0.39 is 94.4 Å². The second kappa shape index (κ2) is 14.0. The molecular weight excluding hydrogens is 686 g/mol. The Bertz CT molecular complexity index is 1810. The highest BCUT2D eigenvalue weighted by Crippen LogP contribution is 2.50. The fraction of sp³-hybridized carbons (Fsp3) is 0.206. The molecule has 1 atom stereocenters. The lowest BCUT2D eigenvalue weighted by Crippen LogP contribution is -2.53. The van der Waals surface area contributed by atoms with Crippen molar-refractivity contribution in [3.8, 4) is 0 Å². The zero-order chi connectivity index (χ0) is 36.0. The molecule has 0 spiro atoms. The number of hydrogen-bond acceptors (Lipinski definition) is 1. The van der Waals surface area contributed by atoms with Crippen LogP contribution >= 0.6 is 20.1 Å². The smallest absolute Gasteiger partial charge is 0.258 e. The molecule has 0 heterocycles. The second-order valence-electron chi connectivity index (χ2n) is 12.2. The van der Waals surface area contributed by atoms with Crippen LogP contribution in [0.1, 0.15) is 37.5 Å². The first-order valence-corrected chi connectivity index (χ1v) is 16.0. The third kappa shape index (κ3) is 7.03. The van der Waals surface area contributed by atoms with Crippen LogP contribution < -0.4 is 21.5 Å². The molecule has 14 heteroatoms. The van der Waals surface area contributed by atoms with Gasteiger partial charge in [0.05, 0.1) is 0 Å². The molecule has 1 nitrogen and oxygen atoms in total. The summed E-state index contributed by atoms with van der Waals surface area (Å²) in [6.45, 7) is 6.96. The highest BCUT2D eigenvalue weighted by molar-refractivity contribution is 8.04. The topological polar surface area (TPSA) is 12.0 Å². The van der Waals surface area contributed by atoms with E-state index in [9.17, 15) is 26.3 Å². The van der Waals surface area contributed by atoms with E-state index in [-0.39, 0.29) is 4.73 Å². The van der Waals surface area contributed by atoms with Gasteiger partial charge in [-0.2, -0.15) is 0 Å². The largest absolute Gasteiger partial charge is 0.346 e. The molecule has 1 unspecified atom stereocenters. The summed E-state index contributed by atoms with van der Waals surface area (Å²) in [5, 5.41) is 2.89. The number of thiocarbonyl (C=S) groups is 1. The van der Waals surface area contributed by atoms with Crippen molar-refractivity contribution < 1.29 is 43.9 Å². The maximum Gasteiger partial charge on any atom is 0.258 e. The summed E-state index contributed by atoms with van der Waals surface area (Å²) in [6.07, 6.45) is 1.25. The monoisotopic (exact) mass is 713 g/mol. The molecule has 0 aromatic heterocycles. The minimum Gasteiger partial charge on any atom is -0.346 e. The van der Waals surface area contributed by atoms with Gasteiger partial charge in [-0.25, -0.2) is 43.9 Å².